The summed E-state index contributed by atoms with van der Waals surface area (Å²) in [6.07, 6.45) is 10.6. The standard InChI is InChI=1S/C25H38N4O2/c1-3-4-5-6-7-11-15-29(21-24-26-14-16-27(24)2)25(30)23-20-28(17-18-31-23)19-22-12-9-8-10-13-22/h8-10,12-14,16,23H,3-7,11,15,17-21H2,1-2H3. The maximum atomic E-state index is 13.4. The van der Waals surface area contributed by atoms with Crippen LogP contribution >= 0.6 is 0 Å². The number of unbranched alkanes of at least 4 members (excludes halogenated alkanes) is 5. The van der Waals surface area contributed by atoms with Gasteiger partial charge in [-0.2, -0.15) is 0 Å². The van der Waals surface area contributed by atoms with E-state index in [0.29, 0.717) is 19.7 Å². The average Bonchev–Trinajstić information content (AvgIpc) is 3.20. The largest absolute Gasteiger partial charge is 0.366 e. The van der Waals surface area contributed by atoms with Crippen molar-refractivity contribution in [2.45, 2.75) is 64.6 Å². The quantitative estimate of drug-likeness (QED) is 0.481. The van der Waals surface area contributed by atoms with E-state index in [1.54, 1.807) is 6.20 Å². The lowest BCUT2D eigenvalue weighted by Crippen LogP contribution is -2.50. The summed E-state index contributed by atoms with van der Waals surface area (Å²) < 4.78 is 7.93. The van der Waals surface area contributed by atoms with Gasteiger partial charge in [0.2, 0.25) is 0 Å². The Bertz CT molecular complexity index is 777. The first-order valence-corrected chi connectivity index (χ1v) is 11.8. The van der Waals surface area contributed by atoms with E-state index in [4.69, 9.17) is 4.74 Å². The van der Waals surface area contributed by atoms with Crippen molar-refractivity contribution < 1.29 is 9.53 Å². The van der Waals surface area contributed by atoms with E-state index in [2.05, 4.69) is 41.1 Å². The normalized spacial score (nSPS) is 17.0. The van der Waals surface area contributed by atoms with Gasteiger partial charge in [0, 0.05) is 45.6 Å². The van der Waals surface area contributed by atoms with Crippen LogP contribution in [0.25, 0.3) is 0 Å². The molecule has 0 spiro atoms. The molecule has 1 unspecified atom stereocenters. The lowest BCUT2D eigenvalue weighted by molar-refractivity contribution is -0.150. The van der Waals surface area contributed by atoms with Gasteiger partial charge in [0.1, 0.15) is 11.9 Å². The van der Waals surface area contributed by atoms with Crippen LogP contribution in [0.1, 0.15) is 56.8 Å². The van der Waals surface area contributed by atoms with Gasteiger partial charge in [-0.15, -0.1) is 0 Å². The molecule has 1 aromatic heterocycles. The summed E-state index contributed by atoms with van der Waals surface area (Å²) in [7, 11) is 1.98. The second-order valence-corrected chi connectivity index (χ2v) is 8.56. The number of carbonyl (C=O) groups is 1. The van der Waals surface area contributed by atoms with Gasteiger partial charge >= 0.3 is 0 Å². The Morgan fingerprint density at radius 3 is 2.68 bits per heavy atom. The zero-order valence-electron chi connectivity index (χ0n) is 19.2. The minimum absolute atomic E-state index is 0.0920. The third-order valence-corrected chi connectivity index (χ3v) is 6.02. The van der Waals surface area contributed by atoms with Crippen LogP contribution in [0.15, 0.2) is 42.7 Å². The van der Waals surface area contributed by atoms with Gasteiger partial charge in [-0.1, -0.05) is 69.4 Å². The van der Waals surface area contributed by atoms with Crippen molar-refractivity contribution in [1.82, 2.24) is 19.4 Å². The highest BCUT2D eigenvalue weighted by atomic mass is 16.5. The van der Waals surface area contributed by atoms with Crippen molar-refractivity contribution in [3.8, 4) is 0 Å². The van der Waals surface area contributed by atoms with E-state index in [9.17, 15) is 4.79 Å². The van der Waals surface area contributed by atoms with Crippen molar-refractivity contribution in [3.05, 3.63) is 54.1 Å². The highest BCUT2D eigenvalue weighted by molar-refractivity contribution is 5.81. The lowest BCUT2D eigenvalue weighted by atomic mass is 10.1. The van der Waals surface area contributed by atoms with Crippen molar-refractivity contribution in [2.75, 3.05) is 26.2 Å². The Kier molecular flexibility index (Phi) is 9.56. The SMILES string of the molecule is CCCCCCCCN(Cc1nccn1C)C(=O)C1CN(Cc2ccccc2)CCO1. The molecule has 1 aromatic carbocycles. The molecule has 1 aliphatic rings. The number of ether oxygens (including phenoxy) is 1. The van der Waals surface area contributed by atoms with Gasteiger partial charge in [-0.05, 0) is 12.0 Å². The number of imidazole rings is 1. The van der Waals surface area contributed by atoms with E-state index in [1.807, 2.05) is 28.8 Å². The lowest BCUT2D eigenvalue weighted by Gasteiger charge is -2.35. The number of nitrogens with zero attached hydrogens (tertiary/aromatic N) is 4. The molecule has 1 atom stereocenters. The number of aryl methyl sites for hydroxylation is 1. The molecule has 0 bridgehead atoms. The molecular weight excluding hydrogens is 388 g/mol. The molecule has 0 saturated carbocycles. The molecule has 0 radical (unpaired) electrons. The summed E-state index contributed by atoms with van der Waals surface area (Å²) in [5.41, 5.74) is 1.27. The van der Waals surface area contributed by atoms with Crippen molar-refractivity contribution >= 4 is 5.91 Å². The van der Waals surface area contributed by atoms with Crippen LogP contribution in [0.2, 0.25) is 0 Å². The monoisotopic (exact) mass is 426 g/mol. The first-order chi connectivity index (χ1) is 15.2. The molecule has 2 aromatic rings. The van der Waals surface area contributed by atoms with E-state index in [0.717, 1.165) is 38.3 Å². The van der Waals surface area contributed by atoms with Crippen molar-refractivity contribution in [2.24, 2.45) is 7.05 Å². The minimum atomic E-state index is -0.405. The molecule has 31 heavy (non-hydrogen) atoms. The number of aromatic nitrogens is 2. The van der Waals surface area contributed by atoms with Crippen LogP contribution < -0.4 is 0 Å². The van der Waals surface area contributed by atoms with E-state index < -0.39 is 6.10 Å². The van der Waals surface area contributed by atoms with Crippen molar-refractivity contribution in [1.29, 1.82) is 0 Å². The Morgan fingerprint density at radius 2 is 1.94 bits per heavy atom. The fourth-order valence-corrected chi connectivity index (χ4v) is 4.11. The number of benzene rings is 1. The van der Waals surface area contributed by atoms with Gasteiger partial charge in [0.15, 0.2) is 0 Å². The van der Waals surface area contributed by atoms with Crippen LogP contribution in [0.3, 0.4) is 0 Å². The molecule has 170 valence electrons. The van der Waals surface area contributed by atoms with E-state index in [1.165, 1.54) is 31.2 Å². The zero-order chi connectivity index (χ0) is 21.9. The Hall–Kier alpha value is -2.18. The number of amides is 1. The van der Waals surface area contributed by atoms with Crippen LogP contribution in [0.4, 0.5) is 0 Å². The molecular formula is C25H38N4O2. The second-order valence-electron chi connectivity index (χ2n) is 8.56. The molecule has 0 N–H and O–H groups in total. The van der Waals surface area contributed by atoms with Crippen LogP contribution in [0, 0.1) is 0 Å². The number of carbonyl (C=O) groups excluding carboxylic acids is 1. The summed E-state index contributed by atoms with van der Waals surface area (Å²) >= 11 is 0. The fourth-order valence-electron chi connectivity index (χ4n) is 4.11. The Labute approximate surface area is 187 Å². The summed E-state index contributed by atoms with van der Waals surface area (Å²) in [4.78, 5) is 22.2. The summed E-state index contributed by atoms with van der Waals surface area (Å²) in [5, 5.41) is 0. The molecule has 6 heteroatoms. The zero-order valence-corrected chi connectivity index (χ0v) is 19.2. The average molecular weight is 427 g/mol. The summed E-state index contributed by atoms with van der Waals surface area (Å²) in [5.74, 6) is 1.01. The van der Waals surface area contributed by atoms with Crippen LogP contribution in [0.5, 0.6) is 0 Å². The number of hydrogen-bond acceptors (Lipinski definition) is 4. The van der Waals surface area contributed by atoms with Gasteiger partial charge in [-0.3, -0.25) is 9.69 Å². The third kappa shape index (κ3) is 7.47. The van der Waals surface area contributed by atoms with Crippen LogP contribution in [-0.4, -0.2) is 57.6 Å². The molecule has 1 aliphatic heterocycles. The van der Waals surface area contributed by atoms with E-state index >= 15 is 0 Å². The topological polar surface area (TPSA) is 50.6 Å². The number of rotatable bonds is 12. The second kappa shape index (κ2) is 12.6. The summed E-state index contributed by atoms with van der Waals surface area (Å²) in [6.45, 7) is 6.47. The van der Waals surface area contributed by atoms with Gasteiger partial charge in [0.05, 0.1) is 13.2 Å². The third-order valence-electron chi connectivity index (χ3n) is 6.02. The Morgan fingerprint density at radius 1 is 1.16 bits per heavy atom. The maximum absolute atomic E-state index is 13.4. The van der Waals surface area contributed by atoms with Gasteiger partial charge in [-0.25, -0.2) is 4.98 Å². The van der Waals surface area contributed by atoms with E-state index in [-0.39, 0.29) is 5.91 Å². The first kappa shape index (κ1) is 23.5. The fraction of sp³-hybridized carbons (Fsp3) is 0.600. The van der Waals surface area contributed by atoms with Gasteiger partial charge < -0.3 is 14.2 Å². The number of hydrogen-bond donors (Lipinski definition) is 0. The predicted octanol–water partition coefficient (Wildman–Crippen LogP) is 4.01. The molecule has 1 amide bonds. The van der Waals surface area contributed by atoms with Crippen molar-refractivity contribution in [3.63, 3.8) is 0 Å². The molecule has 1 saturated heterocycles. The molecule has 0 aliphatic carbocycles. The highest BCUT2D eigenvalue weighted by Crippen LogP contribution is 2.15. The first-order valence-electron chi connectivity index (χ1n) is 11.8. The Balaban J connectivity index is 1.58. The highest BCUT2D eigenvalue weighted by Gasteiger charge is 2.30. The minimum Gasteiger partial charge on any atom is -0.366 e. The molecule has 3 rings (SSSR count). The maximum Gasteiger partial charge on any atom is 0.253 e. The predicted molar refractivity (Wildman–Crippen MR) is 123 cm³/mol. The molecule has 2 heterocycles. The van der Waals surface area contributed by atoms with Gasteiger partial charge in [0.25, 0.3) is 5.91 Å². The number of morpholine rings is 1. The molecule has 1 fully saturated rings. The van der Waals surface area contributed by atoms with Crippen LogP contribution in [-0.2, 0) is 29.7 Å². The molecule has 6 nitrogen and oxygen atoms in total. The summed E-state index contributed by atoms with van der Waals surface area (Å²) in [6, 6.07) is 10.4. The smallest absolute Gasteiger partial charge is 0.253 e.